The summed E-state index contributed by atoms with van der Waals surface area (Å²) in [5, 5.41) is 28.7. The number of nitrogens with two attached hydrogens (primary N) is 1. The van der Waals surface area contributed by atoms with E-state index < -0.39 is 6.10 Å². The van der Waals surface area contributed by atoms with Crippen LogP contribution in [0.4, 0.5) is 5.82 Å². The monoisotopic (exact) mass is 210 g/mol. The fourth-order valence-electron chi connectivity index (χ4n) is 1.24. The summed E-state index contributed by atoms with van der Waals surface area (Å²) in [6, 6.07) is 0. The number of hydrogen-bond acceptors (Lipinski definition) is 7. The Morgan fingerprint density at radius 1 is 1.47 bits per heavy atom. The highest BCUT2D eigenvalue weighted by atomic mass is 16.3. The van der Waals surface area contributed by atoms with E-state index in [4.69, 9.17) is 10.8 Å². The number of aromatic nitrogens is 5. The lowest BCUT2D eigenvalue weighted by molar-refractivity contribution is 0.0819. The van der Waals surface area contributed by atoms with Crippen LogP contribution in [-0.2, 0) is 6.54 Å². The maximum atomic E-state index is 9.26. The van der Waals surface area contributed by atoms with E-state index >= 15 is 0 Å². The van der Waals surface area contributed by atoms with Gasteiger partial charge in [-0.3, -0.25) is 0 Å². The molecule has 0 radical (unpaired) electrons. The summed E-state index contributed by atoms with van der Waals surface area (Å²) in [7, 11) is 0. The van der Waals surface area contributed by atoms with E-state index in [0.29, 0.717) is 11.2 Å². The summed E-state index contributed by atoms with van der Waals surface area (Å²) >= 11 is 0. The van der Waals surface area contributed by atoms with Crippen molar-refractivity contribution in [3.05, 3.63) is 6.33 Å². The molecule has 0 saturated heterocycles. The van der Waals surface area contributed by atoms with Gasteiger partial charge in [0.05, 0.1) is 25.6 Å². The number of rotatable bonds is 3. The molecule has 80 valence electrons. The van der Waals surface area contributed by atoms with Crippen LogP contribution in [-0.4, -0.2) is 47.9 Å². The van der Waals surface area contributed by atoms with E-state index in [9.17, 15) is 5.11 Å². The lowest BCUT2D eigenvalue weighted by atomic mass is 10.4. The molecule has 2 aromatic rings. The van der Waals surface area contributed by atoms with Gasteiger partial charge in [0.15, 0.2) is 17.0 Å². The highest BCUT2D eigenvalue weighted by Crippen LogP contribution is 2.13. The number of aliphatic hydroxyl groups excluding tert-OH is 2. The number of hydrogen-bond donors (Lipinski definition) is 3. The lowest BCUT2D eigenvalue weighted by Gasteiger charge is -2.07. The first-order valence-corrected chi connectivity index (χ1v) is 4.31. The van der Waals surface area contributed by atoms with Gasteiger partial charge in [-0.1, -0.05) is 0 Å². The molecule has 0 aliphatic heterocycles. The molecule has 0 unspecified atom stereocenters. The second kappa shape index (κ2) is 3.75. The molecular formula is C7H10N6O2. The fourth-order valence-corrected chi connectivity index (χ4v) is 1.24. The van der Waals surface area contributed by atoms with E-state index in [1.165, 1.54) is 6.33 Å². The molecule has 2 aromatic heterocycles. The first kappa shape index (κ1) is 9.74. The van der Waals surface area contributed by atoms with E-state index in [1.807, 2.05) is 0 Å². The number of imidazole rings is 1. The number of nitrogen functional groups attached to an aromatic ring is 1. The zero-order valence-corrected chi connectivity index (χ0v) is 7.78. The van der Waals surface area contributed by atoms with Gasteiger partial charge in [-0.25, -0.2) is 4.98 Å². The molecule has 4 N–H and O–H groups in total. The third-order valence-electron chi connectivity index (χ3n) is 1.96. The molecule has 15 heavy (non-hydrogen) atoms. The Morgan fingerprint density at radius 2 is 2.27 bits per heavy atom. The molecule has 0 aliphatic rings. The minimum absolute atomic E-state index is 0.186. The summed E-state index contributed by atoms with van der Waals surface area (Å²) in [6.45, 7) is -0.140. The summed E-state index contributed by atoms with van der Waals surface area (Å²) in [4.78, 5) is 3.99. The molecule has 8 nitrogen and oxygen atoms in total. The van der Waals surface area contributed by atoms with Gasteiger partial charge >= 0.3 is 0 Å². The van der Waals surface area contributed by atoms with Crippen LogP contribution in [0.3, 0.4) is 0 Å². The van der Waals surface area contributed by atoms with E-state index in [0.717, 1.165) is 0 Å². The van der Waals surface area contributed by atoms with Gasteiger partial charge in [0.25, 0.3) is 0 Å². The van der Waals surface area contributed by atoms with Gasteiger partial charge < -0.3 is 20.5 Å². The third kappa shape index (κ3) is 1.72. The van der Waals surface area contributed by atoms with Crippen LogP contribution in [0.1, 0.15) is 0 Å². The van der Waals surface area contributed by atoms with Crippen molar-refractivity contribution in [3.8, 4) is 0 Å². The van der Waals surface area contributed by atoms with Gasteiger partial charge in [-0.2, -0.15) is 0 Å². The van der Waals surface area contributed by atoms with Crippen LogP contribution < -0.4 is 5.73 Å². The van der Waals surface area contributed by atoms with Crippen molar-refractivity contribution in [2.75, 3.05) is 12.3 Å². The van der Waals surface area contributed by atoms with Crippen molar-refractivity contribution in [1.82, 2.24) is 25.0 Å². The van der Waals surface area contributed by atoms with Crippen LogP contribution in [0, 0.1) is 0 Å². The largest absolute Gasteiger partial charge is 0.394 e. The first-order chi connectivity index (χ1) is 7.22. The van der Waals surface area contributed by atoms with Crippen molar-refractivity contribution in [2.24, 2.45) is 0 Å². The first-order valence-electron chi connectivity index (χ1n) is 4.31. The second-order valence-electron chi connectivity index (χ2n) is 3.08. The predicted octanol–water partition coefficient (Wildman–Crippen LogP) is -1.84. The second-order valence-corrected chi connectivity index (χ2v) is 3.08. The van der Waals surface area contributed by atoms with Crippen LogP contribution >= 0.6 is 0 Å². The Labute approximate surface area is 84.4 Å². The van der Waals surface area contributed by atoms with Gasteiger partial charge in [0, 0.05) is 0 Å². The molecular weight excluding hydrogens is 200 g/mol. The number of anilines is 1. The van der Waals surface area contributed by atoms with Crippen LogP contribution in [0.15, 0.2) is 6.33 Å². The Kier molecular flexibility index (Phi) is 2.44. The van der Waals surface area contributed by atoms with Gasteiger partial charge in [0.2, 0.25) is 0 Å². The van der Waals surface area contributed by atoms with E-state index in [-0.39, 0.29) is 19.0 Å². The molecule has 0 saturated carbocycles. The van der Waals surface area contributed by atoms with Crippen molar-refractivity contribution in [1.29, 1.82) is 0 Å². The zero-order chi connectivity index (χ0) is 10.8. The Morgan fingerprint density at radius 3 is 3.00 bits per heavy atom. The van der Waals surface area contributed by atoms with E-state index in [2.05, 4.69) is 20.4 Å². The third-order valence-corrected chi connectivity index (χ3v) is 1.96. The predicted molar refractivity (Wildman–Crippen MR) is 50.6 cm³/mol. The zero-order valence-electron chi connectivity index (χ0n) is 7.78. The number of nitrogens with zero attached hydrogens (tertiary/aromatic N) is 5. The quantitative estimate of drug-likeness (QED) is 0.543. The van der Waals surface area contributed by atoms with Crippen LogP contribution in [0.5, 0.6) is 0 Å². The highest BCUT2D eigenvalue weighted by molar-refractivity contribution is 5.80. The molecule has 0 spiro atoms. The van der Waals surface area contributed by atoms with E-state index in [1.54, 1.807) is 4.57 Å². The summed E-state index contributed by atoms with van der Waals surface area (Å²) in [5.41, 5.74) is 6.41. The molecule has 8 heteroatoms. The highest BCUT2D eigenvalue weighted by Gasteiger charge is 2.11. The van der Waals surface area contributed by atoms with Gasteiger partial charge in [-0.05, 0) is 5.21 Å². The number of aliphatic hydroxyl groups is 2. The smallest absolute Gasteiger partial charge is 0.188 e. The van der Waals surface area contributed by atoms with Crippen LogP contribution in [0.2, 0.25) is 0 Å². The SMILES string of the molecule is Nc1nnnc2c1ncn2C[C@H](O)CO. The Bertz CT molecular complexity index is 469. The van der Waals surface area contributed by atoms with Crippen molar-refractivity contribution >= 4 is 17.0 Å². The average molecular weight is 210 g/mol. The maximum Gasteiger partial charge on any atom is 0.188 e. The Hall–Kier alpha value is -1.80. The minimum Gasteiger partial charge on any atom is -0.394 e. The average Bonchev–Trinajstić information content (AvgIpc) is 2.63. The van der Waals surface area contributed by atoms with Gasteiger partial charge in [0.1, 0.15) is 0 Å². The molecule has 2 rings (SSSR count). The fraction of sp³-hybridized carbons (Fsp3) is 0.429. The lowest BCUT2D eigenvalue weighted by Crippen LogP contribution is -2.19. The van der Waals surface area contributed by atoms with Crippen molar-refractivity contribution < 1.29 is 10.2 Å². The molecule has 0 bridgehead atoms. The molecule has 0 fully saturated rings. The van der Waals surface area contributed by atoms with Gasteiger partial charge in [-0.15, -0.1) is 10.2 Å². The van der Waals surface area contributed by atoms with Crippen molar-refractivity contribution in [3.63, 3.8) is 0 Å². The number of fused-ring (bicyclic) bond motifs is 1. The standard InChI is InChI=1S/C7H10N6O2/c8-6-5-7(11-12-10-6)13(3-9-5)1-4(15)2-14/h3-4,14-15H,1-2H2,(H2,8,10,11)/t4-/m0/s1. The molecule has 0 aromatic carbocycles. The molecule has 0 aliphatic carbocycles. The van der Waals surface area contributed by atoms with Crippen LogP contribution in [0.25, 0.3) is 11.2 Å². The Balaban J connectivity index is 2.41. The topological polar surface area (TPSA) is 123 Å². The minimum atomic E-state index is -0.862. The summed E-state index contributed by atoms with van der Waals surface area (Å²) < 4.78 is 1.56. The summed E-state index contributed by atoms with van der Waals surface area (Å²) in [6.07, 6.45) is 0.606. The summed E-state index contributed by atoms with van der Waals surface area (Å²) in [5.74, 6) is 0.192. The van der Waals surface area contributed by atoms with Crippen molar-refractivity contribution in [2.45, 2.75) is 12.6 Å². The molecule has 1 atom stereocenters. The molecule has 2 heterocycles. The molecule has 0 amide bonds. The normalized spacial score (nSPS) is 13.2. The maximum absolute atomic E-state index is 9.26.